The van der Waals surface area contributed by atoms with Gasteiger partial charge in [0.05, 0.1) is 19.2 Å². The Morgan fingerprint density at radius 1 is 1.11 bits per heavy atom. The summed E-state index contributed by atoms with van der Waals surface area (Å²) in [7, 11) is 3.19. The van der Waals surface area contributed by atoms with E-state index in [0.29, 0.717) is 27.3 Å². The van der Waals surface area contributed by atoms with Gasteiger partial charge in [-0.3, -0.25) is 4.79 Å². The Labute approximate surface area is 174 Å². The second-order valence-corrected chi connectivity index (χ2v) is 7.18. The summed E-state index contributed by atoms with van der Waals surface area (Å²) in [5.41, 5.74) is 2.73. The van der Waals surface area contributed by atoms with Crippen molar-refractivity contribution in [2.45, 2.75) is 19.4 Å². The Morgan fingerprint density at radius 3 is 2.50 bits per heavy atom. The first kappa shape index (κ1) is 20.4. The molecule has 0 bridgehead atoms. The number of benzene rings is 2. The number of methoxy groups -OCH3 is 2. The van der Waals surface area contributed by atoms with Gasteiger partial charge in [-0.05, 0) is 49.2 Å². The fourth-order valence-corrected chi connectivity index (χ4v) is 3.47. The Hall–Kier alpha value is -2.37. The Kier molecular flexibility index (Phi) is 6.37. The minimum Gasteiger partial charge on any atom is -0.493 e. The highest BCUT2D eigenvalue weighted by Gasteiger charge is 2.21. The van der Waals surface area contributed by atoms with Crippen molar-refractivity contribution >= 4 is 34.7 Å². The summed E-state index contributed by atoms with van der Waals surface area (Å²) >= 11 is 12.0. The topological polar surface area (TPSA) is 56.8 Å². The summed E-state index contributed by atoms with van der Waals surface area (Å²) in [6, 6.07) is 8.71. The van der Waals surface area contributed by atoms with E-state index in [-0.39, 0.29) is 5.78 Å². The molecule has 2 aromatic rings. The average Bonchev–Trinajstić information content (AvgIpc) is 2.69. The van der Waals surface area contributed by atoms with Crippen molar-refractivity contribution in [3.8, 4) is 17.2 Å². The second-order valence-electron chi connectivity index (χ2n) is 6.34. The zero-order valence-corrected chi connectivity index (χ0v) is 17.4. The maximum absolute atomic E-state index is 12.7. The van der Waals surface area contributed by atoms with Gasteiger partial charge in [-0.25, -0.2) is 0 Å². The fraction of sp³-hybridized carbons (Fsp3) is 0.286. The summed E-state index contributed by atoms with van der Waals surface area (Å²) in [6.45, 7) is 2.41. The number of hydrogen-bond acceptors (Lipinski definition) is 5. The van der Waals surface area contributed by atoms with Gasteiger partial charge in [-0.15, -0.1) is 0 Å². The Balaban J connectivity index is 1.84. The molecule has 0 radical (unpaired) electrons. The van der Waals surface area contributed by atoms with Crippen molar-refractivity contribution < 1.29 is 19.0 Å². The van der Waals surface area contributed by atoms with Crippen molar-refractivity contribution in [1.29, 1.82) is 0 Å². The van der Waals surface area contributed by atoms with Crippen molar-refractivity contribution in [2.75, 3.05) is 20.8 Å². The molecule has 1 aliphatic heterocycles. The third-order valence-electron chi connectivity index (χ3n) is 4.49. The van der Waals surface area contributed by atoms with Crippen molar-refractivity contribution in [1.82, 2.24) is 5.32 Å². The van der Waals surface area contributed by atoms with Gasteiger partial charge < -0.3 is 19.5 Å². The summed E-state index contributed by atoms with van der Waals surface area (Å²) < 4.78 is 16.5. The normalized spacial score (nSPS) is 15.4. The zero-order chi connectivity index (χ0) is 20.3. The first-order valence-electron chi connectivity index (χ1n) is 8.79. The lowest BCUT2D eigenvalue weighted by Crippen LogP contribution is -2.27. The van der Waals surface area contributed by atoms with Gasteiger partial charge in [0, 0.05) is 28.9 Å². The SMILES string of the molecule is COc1cc2c(cc1OC)/C(=C/C(=O)[C@@H](C)Oc1ccc(Cl)cc1Cl)NCC2. The molecule has 28 heavy (non-hydrogen) atoms. The Morgan fingerprint density at radius 2 is 1.82 bits per heavy atom. The quantitative estimate of drug-likeness (QED) is 0.694. The van der Waals surface area contributed by atoms with E-state index in [9.17, 15) is 4.79 Å². The minimum atomic E-state index is -0.710. The molecule has 0 unspecified atom stereocenters. The summed E-state index contributed by atoms with van der Waals surface area (Å²) in [5.74, 6) is 1.51. The highest BCUT2D eigenvalue weighted by molar-refractivity contribution is 6.35. The molecule has 1 aliphatic rings. The molecule has 0 spiro atoms. The average molecular weight is 422 g/mol. The van der Waals surface area contributed by atoms with Crippen LogP contribution in [0, 0.1) is 0 Å². The molecule has 1 atom stereocenters. The highest BCUT2D eigenvalue weighted by Crippen LogP contribution is 2.35. The van der Waals surface area contributed by atoms with Crippen LogP contribution in [-0.2, 0) is 11.2 Å². The zero-order valence-electron chi connectivity index (χ0n) is 15.8. The smallest absolute Gasteiger partial charge is 0.197 e. The van der Waals surface area contributed by atoms with Gasteiger partial charge in [0.25, 0.3) is 0 Å². The number of carbonyl (C=O) groups excluding carboxylic acids is 1. The van der Waals surface area contributed by atoms with E-state index in [1.54, 1.807) is 45.4 Å². The number of ketones is 1. The van der Waals surface area contributed by atoms with E-state index in [1.807, 2.05) is 12.1 Å². The van der Waals surface area contributed by atoms with Crippen LogP contribution >= 0.6 is 23.2 Å². The van der Waals surface area contributed by atoms with E-state index in [0.717, 1.165) is 29.8 Å². The molecule has 3 rings (SSSR count). The fourth-order valence-electron chi connectivity index (χ4n) is 3.01. The van der Waals surface area contributed by atoms with Crippen LogP contribution in [-0.4, -0.2) is 32.7 Å². The second kappa shape index (κ2) is 8.76. The molecule has 1 N–H and O–H groups in total. The van der Waals surface area contributed by atoms with Gasteiger partial charge in [0.1, 0.15) is 5.75 Å². The third kappa shape index (κ3) is 4.37. The van der Waals surface area contributed by atoms with Crippen LogP contribution in [0.2, 0.25) is 10.0 Å². The number of ether oxygens (including phenoxy) is 3. The predicted octanol–water partition coefficient (Wildman–Crippen LogP) is 4.53. The molecule has 0 aliphatic carbocycles. The van der Waals surface area contributed by atoms with Crippen LogP contribution in [0.1, 0.15) is 18.1 Å². The third-order valence-corrected chi connectivity index (χ3v) is 5.02. The van der Waals surface area contributed by atoms with Crippen molar-refractivity contribution in [3.05, 3.63) is 57.6 Å². The molecule has 148 valence electrons. The number of hydrogen-bond donors (Lipinski definition) is 1. The van der Waals surface area contributed by atoms with Gasteiger partial charge in [-0.1, -0.05) is 23.2 Å². The lowest BCUT2D eigenvalue weighted by Gasteiger charge is -2.23. The number of fused-ring (bicyclic) bond motifs is 1. The van der Waals surface area contributed by atoms with E-state index in [1.165, 1.54) is 0 Å². The summed E-state index contributed by atoms with van der Waals surface area (Å²) in [6.07, 6.45) is 1.67. The van der Waals surface area contributed by atoms with Crippen LogP contribution in [0.25, 0.3) is 5.70 Å². The molecule has 0 amide bonds. The monoisotopic (exact) mass is 421 g/mol. The molecule has 0 saturated carbocycles. The molecule has 7 heteroatoms. The van der Waals surface area contributed by atoms with Gasteiger partial charge >= 0.3 is 0 Å². The number of halogens is 2. The van der Waals surface area contributed by atoms with Crippen LogP contribution in [0.4, 0.5) is 0 Å². The van der Waals surface area contributed by atoms with E-state index >= 15 is 0 Å². The summed E-state index contributed by atoms with van der Waals surface area (Å²) in [5, 5.41) is 4.14. The first-order chi connectivity index (χ1) is 13.4. The van der Waals surface area contributed by atoms with E-state index in [2.05, 4.69) is 5.32 Å². The molecule has 5 nitrogen and oxygen atoms in total. The van der Waals surface area contributed by atoms with Crippen molar-refractivity contribution in [3.63, 3.8) is 0 Å². The molecule has 0 aromatic heterocycles. The van der Waals surface area contributed by atoms with Gasteiger partial charge in [0.2, 0.25) is 0 Å². The maximum atomic E-state index is 12.7. The predicted molar refractivity (Wildman–Crippen MR) is 111 cm³/mol. The van der Waals surface area contributed by atoms with Gasteiger partial charge in [0.15, 0.2) is 23.4 Å². The van der Waals surface area contributed by atoms with Crippen LogP contribution < -0.4 is 19.5 Å². The lowest BCUT2D eigenvalue weighted by atomic mass is 9.96. The molecular weight excluding hydrogens is 401 g/mol. The molecule has 0 fully saturated rings. The molecular formula is C21H21Cl2NO4. The van der Waals surface area contributed by atoms with Crippen LogP contribution in [0.15, 0.2) is 36.4 Å². The number of carbonyl (C=O) groups is 1. The number of nitrogens with one attached hydrogen (secondary N) is 1. The van der Waals surface area contributed by atoms with Crippen LogP contribution in [0.5, 0.6) is 17.2 Å². The summed E-state index contributed by atoms with van der Waals surface area (Å²) in [4.78, 5) is 12.7. The number of rotatable bonds is 6. The first-order valence-corrected chi connectivity index (χ1v) is 9.55. The Bertz CT molecular complexity index is 927. The largest absolute Gasteiger partial charge is 0.493 e. The van der Waals surface area contributed by atoms with E-state index < -0.39 is 6.10 Å². The van der Waals surface area contributed by atoms with Crippen molar-refractivity contribution in [2.24, 2.45) is 0 Å². The van der Waals surface area contributed by atoms with E-state index in [4.69, 9.17) is 37.4 Å². The molecule has 1 heterocycles. The molecule has 0 saturated heterocycles. The molecule has 2 aromatic carbocycles. The standard InChI is InChI=1S/C21H21Cl2NO4/c1-12(28-19-5-4-14(22)9-16(19)23)18(25)11-17-15-10-21(27-3)20(26-2)8-13(15)6-7-24-17/h4-5,8-12,24H,6-7H2,1-3H3/b17-11-/t12-/m1/s1. The highest BCUT2D eigenvalue weighted by atomic mass is 35.5. The van der Waals surface area contributed by atoms with Gasteiger partial charge in [-0.2, -0.15) is 0 Å². The lowest BCUT2D eigenvalue weighted by molar-refractivity contribution is -0.120. The minimum absolute atomic E-state index is 0.184. The maximum Gasteiger partial charge on any atom is 0.197 e. The van der Waals surface area contributed by atoms with Crippen LogP contribution in [0.3, 0.4) is 0 Å².